The first-order valence-electron chi connectivity index (χ1n) is 8.24. The molecule has 0 bridgehead atoms. The molecule has 3 rings (SSSR count). The third-order valence-corrected chi connectivity index (χ3v) is 4.59. The highest BCUT2D eigenvalue weighted by atomic mass is 15.1. The highest BCUT2D eigenvalue weighted by molar-refractivity contribution is 5.11. The van der Waals surface area contributed by atoms with Crippen molar-refractivity contribution in [3.05, 3.63) is 29.6 Å². The minimum absolute atomic E-state index is 0.756. The molecule has 1 N–H and O–H groups in total. The molecule has 2 aliphatic carbocycles. The topological polar surface area (TPSA) is 28.2 Å². The lowest BCUT2D eigenvalue weighted by Crippen LogP contribution is -2.32. The van der Waals surface area contributed by atoms with Crippen molar-refractivity contribution in [3.63, 3.8) is 0 Å². The summed E-state index contributed by atoms with van der Waals surface area (Å²) in [4.78, 5) is 7.35. The van der Waals surface area contributed by atoms with Gasteiger partial charge in [-0.25, -0.2) is 0 Å². The van der Waals surface area contributed by atoms with Gasteiger partial charge in [-0.05, 0) is 50.3 Å². The minimum Gasteiger partial charge on any atom is -0.308 e. The van der Waals surface area contributed by atoms with E-state index in [2.05, 4.69) is 35.3 Å². The number of hydrogen-bond donors (Lipinski definition) is 1. The molecule has 0 spiro atoms. The summed E-state index contributed by atoms with van der Waals surface area (Å²) in [6.07, 6.45) is 6.96. The standard InChI is InChI=1S/C17H27N3/c1-2-20(12-14-5-3-6-14)13-17-8-4-7-16(19-17)11-18-15-9-10-15/h4,7-8,14-15,18H,2-3,5-6,9-13H2,1H3. The third-order valence-electron chi connectivity index (χ3n) is 4.59. The van der Waals surface area contributed by atoms with E-state index in [0.29, 0.717) is 0 Å². The fourth-order valence-corrected chi connectivity index (χ4v) is 2.83. The molecule has 20 heavy (non-hydrogen) atoms. The van der Waals surface area contributed by atoms with E-state index in [1.807, 2.05) is 0 Å². The first-order valence-corrected chi connectivity index (χ1v) is 8.24. The monoisotopic (exact) mass is 273 g/mol. The second-order valence-corrected chi connectivity index (χ2v) is 6.40. The molecular formula is C17H27N3. The normalized spacial score (nSPS) is 19.3. The van der Waals surface area contributed by atoms with Crippen molar-refractivity contribution in [2.45, 2.75) is 58.2 Å². The molecule has 2 aliphatic rings. The molecule has 0 aliphatic heterocycles. The zero-order valence-electron chi connectivity index (χ0n) is 12.6. The fourth-order valence-electron chi connectivity index (χ4n) is 2.83. The van der Waals surface area contributed by atoms with Gasteiger partial charge >= 0.3 is 0 Å². The molecule has 0 saturated heterocycles. The van der Waals surface area contributed by atoms with Crippen LogP contribution in [0.25, 0.3) is 0 Å². The molecule has 1 aromatic rings. The molecule has 0 aromatic carbocycles. The molecule has 1 aromatic heterocycles. The summed E-state index contributed by atoms with van der Waals surface area (Å²) in [7, 11) is 0. The molecule has 0 radical (unpaired) electrons. The van der Waals surface area contributed by atoms with E-state index in [-0.39, 0.29) is 0 Å². The third kappa shape index (κ3) is 4.03. The Kier molecular flexibility index (Phi) is 4.69. The Bertz CT molecular complexity index is 424. The summed E-state index contributed by atoms with van der Waals surface area (Å²) in [5.41, 5.74) is 2.41. The number of aromatic nitrogens is 1. The van der Waals surface area contributed by atoms with Gasteiger partial charge in [0.25, 0.3) is 0 Å². The maximum Gasteiger partial charge on any atom is 0.0547 e. The molecule has 0 unspecified atom stereocenters. The second kappa shape index (κ2) is 6.68. The lowest BCUT2D eigenvalue weighted by Gasteiger charge is -2.31. The van der Waals surface area contributed by atoms with Gasteiger partial charge in [0.15, 0.2) is 0 Å². The lowest BCUT2D eigenvalue weighted by molar-refractivity contribution is 0.176. The maximum atomic E-state index is 4.81. The second-order valence-electron chi connectivity index (χ2n) is 6.40. The van der Waals surface area contributed by atoms with Gasteiger partial charge in [-0.1, -0.05) is 19.4 Å². The fraction of sp³-hybridized carbons (Fsp3) is 0.706. The Hall–Kier alpha value is -0.930. The van der Waals surface area contributed by atoms with E-state index in [1.54, 1.807) is 0 Å². The number of nitrogens with zero attached hydrogens (tertiary/aromatic N) is 2. The molecule has 3 heteroatoms. The van der Waals surface area contributed by atoms with Crippen LogP contribution < -0.4 is 5.32 Å². The summed E-state index contributed by atoms with van der Waals surface area (Å²) in [6.45, 7) is 6.57. The van der Waals surface area contributed by atoms with Crippen LogP contribution in [0, 0.1) is 5.92 Å². The van der Waals surface area contributed by atoms with Gasteiger partial charge in [0, 0.05) is 25.7 Å². The van der Waals surface area contributed by atoms with Crippen LogP contribution in [0.5, 0.6) is 0 Å². The number of pyridine rings is 1. The number of nitrogens with one attached hydrogen (secondary N) is 1. The highest BCUT2D eigenvalue weighted by Gasteiger charge is 2.21. The molecule has 0 amide bonds. The largest absolute Gasteiger partial charge is 0.308 e. The van der Waals surface area contributed by atoms with Crippen molar-refractivity contribution in [3.8, 4) is 0 Å². The van der Waals surface area contributed by atoms with Crippen molar-refractivity contribution in [1.29, 1.82) is 0 Å². The quantitative estimate of drug-likeness (QED) is 0.789. The van der Waals surface area contributed by atoms with E-state index in [9.17, 15) is 0 Å². The van der Waals surface area contributed by atoms with E-state index in [1.165, 1.54) is 50.0 Å². The Morgan fingerprint density at radius 3 is 2.65 bits per heavy atom. The Balaban J connectivity index is 1.52. The molecule has 110 valence electrons. The zero-order chi connectivity index (χ0) is 13.8. The van der Waals surface area contributed by atoms with Crippen LogP contribution in [0.1, 0.15) is 50.4 Å². The number of rotatable bonds is 8. The summed E-state index contributed by atoms with van der Waals surface area (Å²) in [5, 5.41) is 3.54. The summed E-state index contributed by atoms with van der Waals surface area (Å²) in [5.74, 6) is 0.940. The van der Waals surface area contributed by atoms with Gasteiger partial charge < -0.3 is 5.32 Å². The summed E-state index contributed by atoms with van der Waals surface area (Å²) < 4.78 is 0. The van der Waals surface area contributed by atoms with Gasteiger partial charge in [0.1, 0.15) is 0 Å². The molecule has 3 nitrogen and oxygen atoms in total. The van der Waals surface area contributed by atoms with Crippen LogP contribution in [0.2, 0.25) is 0 Å². The SMILES string of the molecule is CCN(Cc1cccc(CNC2CC2)n1)CC1CCC1. The first-order chi connectivity index (χ1) is 9.83. The van der Waals surface area contributed by atoms with Crippen LogP contribution in [0.4, 0.5) is 0 Å². The molecule has 2 fully saturated rings. The van der Waals surface area contributed by atoms with E-state index in [4.69, 9.17) is 4.98 Å². The van der Waals surface area contributed by atoms with Crippen LogP contribution in [-0.4, -0.2) is 29.0 Å². The summed E-state index contributed by atoms with van der Waals surface area (Å²) in [6, 6.07) is 7.22. The van der Waals surface area contributed by atoms with Crippen molar-refractivity contribution >= 4 is 0 Å². The summed E-state index contributed by atoms with van der Waals surface area (Å²) >= 11 is 0. The highest BCUT2D eigenvalue weighted by Crippen LogP contribution is 2.27. The van der Waals surface area contributed by atoms with E-state index in [0.717, 1.165) is 31.6 Å². The predicted octanol–water partition coefficient (Wildman–Crippen LogP) is 2.96. The minimum atomic E-state index is 0.756. The van der Waals surface area contributed by atoms with Crippen molar-refractivity contribution < 1.29 is 0 Å². The zero-order valence-corrected chi connectivity index (χ0v) is 12.6. The molecule has 1 heterocycles. The maximum absolute atomic E-state index is 4.81. The smallest absolute Gasteiger partial charge is 0.0547 e. The van der Waals surface area contributed by atoms with Crippen molar-refractivity contribution in [2.24, 2.45) is 5.92 Å². The Labute approximate surface area is 122 Å². The van der Waals surface area contributed by atoms with Crippen molar-refractivity contribution in [2.75, 3.05) is 13.1 Å². The Morgan fingerprint density at radius 1 is 1.20 bits per heavy atom. The predicted molar refractivity (Wildman–Crippen MR) is 82.4 cm³/mol. The van der Waals surface area contributed by atoms with Crippen LogP contribution in [-0.2, 0) is 13.1 Å². The van der Waals surface area contributed by atoms with Crippen LogP contribution in [0.3, 0.4) is 0 Å². The van der Waals surface area contributed by atoms with E-state index < -0.39 is 0 Å². The van der Waals surface area contributed by atoms with Crippen LogP contribution in [0.15, 0.2) is 18.2 Å². The van der Waals surface area contributed by atoms with Gasteiger partial charge in [0.05, 0.1) is 11.4 Å². The van der Waals surface area contributed by atoms with Gasteiger partial charge in [-0.3, -0.25) is 9.88 Å². The van der Waals surface area contributed by atoms with Gasteiger partial charge in [-0.2, -0.15) is 0 Å². The average Bonchev–Trinajstić information content (AvgIpc) is 3.24. The van der Waals surface area contributed by atoms with Crippen LogP contribution >= 0.6 is 0 Å². The van der Waals surface area contributed by atoms with E-state index >= 15 is 0 Å². The van der Waals surface area contributed by atoms with Gasteiger partial charge in [0.2, 0.25) is 0 Å². The Morgan fingerprint density at radius 2 is 2.00 bits per heavy atom. The molecule has 0 atom stereocenters. The van der Waals surface area contributed by atoms with Gasteiger partial charge in [-0.15, -0.1) is 0 Å². The number of hydrogen-bond acceptors (Lipinski definition) is 3. The van der Waals surface area contributed by atoms with Crippen molar-refractivity contribution in [1.82, 2.24) is 15.2 Å². The average molecular weight is 273 g/mol. The first kappa shape index (κ1) is 14.0. The molecular weight excluding hydrogens is 246 g/mol. The molecule has 2 saturated carbocycles. The lowest BCUT2D eigenvalue weighted by atomic mass is 9.85.